The van der Waals surface area contributed by atoms with Crippen molar-refractivity contribution in [3.8, 4) is 0 Å². The number of anilines is 1. The standard InChI is InChI=1S/C16H22N4O2/c1-10(2)12-7-5-6-11(3)15(12)18-13(21)8-20-14(22)9-19(4)16(20)17/h5-7,10,17H,8-9H2,1-4H3,(H,18,21). The van der Waals surface area contributed by atoms with Crippen LogP contribution in [0.25, 0.3) is 0 Å². The first kappa shape index (κ1) is 16.0. The first-order valence-corrected chi connectivity index (χ1v) is 7.30. The number of carbonyl (C=O) groups is 2. The van der Waals surface area contributed by atoms with E-state index in [4.69, 9.17) is 5.41 Å². The maximum Gasteiger partial charge on any atom is 0.249 e. The normalized spacial score (nSPS) is 15.0. The van der Waals surface area contributed by atoms with Gasteiger partial charge in [0.05, 0.1) is 6.54 Å². The van der Waals surface area contributed by atoms with Crippen molar-refractivity contribution in [2.45, 2.75) is 26.7 Å². The molecule has 1 saturated heterocycles. The Labute approximate surface area is 130 Å². The van der Waals surface area contributed by atoms with Gasteiger partial charge in [0.1, 0.15) is 6.54 Å². The van der Waals surface area contributed by atoms with Gasteiger partial charge in [0.2, 0.25) is 17.8 Å². The number of hydrogen-bond acceptors (Lipinski definition) is 3. The van der Waals surface area contributed by atoms with Crippen molar-refractivity contribution in [1.29, 1.82) is 5.41 Å². The van der Waals surface area contributed by atoms with E-state index in [1.165, 1.54) is 9.80 Å². The van der Waals surface area contributed by atoms with Gasteiger partial charge in [0.15, 0.2) is 0 Å². The van der Waals surface area contributed by atoms with Gasteiger partial charge in [0.25, 0.3) is 0 Å². The predicted octanol–water partition coefficient (Wildman–Crippen LogP) is 1.77. The molecule has 0 aromatic heterocycles. The van der Waals surface area contributed by atoms with E-state index in [9.17, 15) is 9.59 Å². The van der Waals surface area contributed by atoms with Crippen molar-refractivity contribution >= 4 is 23.5 Å². The summed E-state index contributed by atoms with van der Waals surface area (Å²) in [6.45, 7) is 6.10. The zero-order valence-corrected chi connectivity index (χ0v) is 13.4. The van der Waals surface area contributed by atoms with E-state index in [0.29, 0.717) is 0 Å². The van der Waals surface area contributed by atoms with Gasteiger partial charge in [-0.3, -0.25) is 19.9 Å². The smallest absolute Gasteiger partial charge is 0.249 e. The van der Waals surface area contributed by atoms with Crippen molar-refractivity contribution < 1.29 is 9.59 Å². The number of guanidine groups is 1. The number of aryl methyl sites for hydroxylation is 1. The monoisotopic (exact) mass is 302 g/mol. The molecule has 0 atom stereocenters. The molecule has 0 radical (unpaired) electrons. The second kappa shape index (κ2) is 6.17. The minimum atomic E-state index is -0.287. The Balaban J connectivity index is 2.13. The molecule has 1 aromatic carbocycles. The molecule has 1 aromatic rings. The van der Waals surface area contributed by atoms with Crippen LogP contribution in [0.3, 0.4) is 0 Å². The van der Waals surface area contributed by atoms with Crippen LogP contribution < -0.4 is 5.32 Å². The predicted molar refractivity (Wildman–Crippen MR) is 86.0 cm³/mol. The number of likely N-dealkylation sites (N-methyl/N-ethyl adjacent to an activating group) is 1. The first-order valence-electron chi connectivity index (χ1n) is 7.30. The zero-order valence-electron chi connectivity index (χ0n) is 13.4. The fourth-order valence-electron chi connectivity index (χ4n) is 2.52. The van der Waals surface area contributed by atoms with E-state index in [1.807, 2.05) is 25.1 Å². The Hall–Kier alpha value is -2.37. The van der Waals surface area contributed by atoms with E-state index >= 15 is 0 Å². The number of para-hydroxylation sites is 1. The van der Waals surface area contributed by atoms with Gasteiger partial charge in [-0.25, -0.2) is 0 Å². The second-order valence-corrected chi connectivity index (χ2v) is 5.90. The van der Waals surface area contributed by atoms with E-state index < -0.39 is 0 Å². The highest BCUT2D eigenvalue weighted by molar-refractivity contribution is 6.07. The quantitative estimate of drug-likeness (QED) is 0.890. The zero-order chi connectivity index (χ0) is 16.4. The van der Waals surface area contributed by atoms with Gasteiger partial charge in [0, 0.05) is 12.7 Å². The fourth-order valence-corrected chi connectivity index (χ4v) is 2.52. The highest BCUT2D eigenvalue weighted by Crippen LogP contribution is 2.27. The lowest BCUT2D eigenvalue weighted by Crippen LogP contribution is -2.39. The van der Waals surface area contributed by atoms with Gasteiger partial charge < -0.3 is 10.2 Å². The Morgan fingerprint density at radius 2 is 2.09 bits per heavy atom. The van der Waals surface area contributed by atoms with Gasteiger partial charge >= 0.3 is 0 Å². The molecule has 6 heteroatoms. The summed E-state index contributed by atoms with van der Waals surface area (Å²) < 4.78 is 0. The molecular weight excluding hydrogens is 280 g/mol. The third-order valence-electron chi connectivity index (χ3n) is 3.78. The third-order valence-corrected chi connectivity index (χ3v) is 3.78. The third kappa shape index (κ3) is 3.10. The van der Waals surface area contributed by atoms with Crippen LogP contribution in [0.4, 0.5) is 5.69 Å². The summed E-state index contributed by atoms with van der Waals surface area (Å²) in [6, 6.07) is 5.90. The molecule has 6 nitrogen and oxygen atoms in total. The minimum absolute atomic E-state index is 0.0639. The van der Waals surface area contributed by atoms with Crippen LogP contribution in [0.5, 0.6) is 0 Å². The van der Waals surface area contributed by atoms with Crippen LogP contribution in [0.1, 0.15) is 30.9 Å². The van der Waals surface area contributed by atoms with E-state index in [1.54, 1.807) is 7.05 Å². The molecule has 1 heterocycles. The summed E-state index contributed by atoms with van der Waals surface area (Å²) in [6.07, 6.45) is 0. The van der Waals surface area contributed by atoms with Crippen molar-refractivity contribution in [2.24, 2.45) is 0 Å². The maximum absolute atomic E-state index is 12.3. The molecule has 0 saturated carbocycles. The van der Waals surface area contributed by atoms with Crippen LogP contribution in [-0.2, 0) is 9.59 Å². The number of amides is 2. The Morgan fingerprint density at radius 1 is 1.41 bits per heavy atom. The Kier molecular flexibility index (Phi) is 4.49. The first-order chi connectivity index (χ1) is 10.3. The Bertz CT molecular complexity index is 625. The molecule has 0 spiro atoms. The summed E-state index contributed by atoms with van der Waals surface area (Å²) >= 11 is 0. The summed E-state index contributed by atoms with van der Waals surface area (Å²) in [4.78, 5) is 26.8. The van der Waals surface area contributed by atoms with Crippen molar-refractivity contribution in [2.75, 3.05) is 25.5 Å². The average Bonchev–Trinajstić information content (AvgIpc) is 2.67. The second-order valence-electron chi connectivity index (χ2n) is 5.90. The molecule has 2 amide bonds. The molecule has 118 valence electrons. The molecule has 0 unspecified atom stereocenters. The van der Waals surface area contributed by atoms with Crippen molar-refractivity contribution in [3.05, 3.63) is 29.3 Å². The van der Waals surface area contributed by atoms with Crippen LogP contribution in [0.15, 0.2) is 18.2 Å². The lowest BCUT2D eigenvalue weighted by atomic mass is 9.98. The van der Waals surface area contributed by atoms with E-state index in [2.05, 4.69) is 19.2 Å². The largest absolute Gasteiger partial charge is 0.336 e. The van der Waals surface area contributed by atoms with Gasteiger partial charge in [-0.15, -0.1) is 0 Å². The number of nitrogens with zero attached hydrogens (tertiary/aromatic N) is 2. The molecule has 1 aliphatic heterocycles. The topological polar surface area (TPSA) is 76.5 Å². The number of nitrogens with one attached hydrogen (secondary N) is 2. The molecule has 2 N–H and O–H groups in total. The Morgan fingerprint density at radius 3 is 2.64 bits per heavy atom. The summed E-state index contributed by atoms with van der Waals surface area (Å²) in [7, 11) is 1.66. The molecular formula is C16H22N4O2. The van der Waals surface area contributed by atoms with Crippen molar-refractivity contribution in [1.82, 2.24) is 9.80 Å². The van der Waals surface area contributed by atoms with Gasteiger partial charge in [-0.05, 0) is 24.0 Å². The van der Waals surface area contributed by atoms with Crippen LogP contribution in [0, 0.1) is 12.3 Å². The van der Waals surface area contributed by atoms with Crippen molar-refractivity contribution in [3.63, 3.8) is 0 Å². The summed E-state index contributed by atoms with van der Waals surface area (Å²) in [5, 5.41) is 10.7. The number of rotatable bonds is 4. The lowest BCUT2D eigenvalue weighted by molar-refractivity contribution is -0.128. The highest BCUT2D eigenvalue weighted by Gasteiger charge is 2.32. The van der Waals surface area contributed by atoms with E-state index in [-0.39, 0.29) is 36.8 Å². The van der Waals surface area contributed by atoms with Crippen LogP contribution in [-0.4, -0.2) is 47.7 Å². The van der Waals surface area contributed by atoms with Gasteiger partial charge in [-0.2, -0.15) is 0 Å². The number of hydrogen-bond donors (Lipinski definition) is 2. The molecule has 1 aliphatic rings. The van der Waals surface area contributed by atoms with Crippen LogP contribution in [0.2, 0.25) is 0 Å². The minimum Gasteiger partial charge on any atom is -0.336 e. The van der Waals surface area contributed by atoms with Gasteiger partial charge in [-0.1, -0.05) is 32.0 Å². The average molecular weight is 302 g/mol. The number of benzene rings is 1. The molecule has 2 rings (SSSR count). The molecule has 0 bridgehead atoms. The molecule has 0 aliphatic carbocycles. The molecule has 1 fully saturated rings. The SMILES string of the molecule is Cc1cccc(C(C)C)c1NC(=O)CN1C(=N)N(C)CC1=O. The highest BCUT2D eigenvalue weighted by atomic mass is 16.2. The molecule has 22 heavy (non-hydrogen) atoms. The summed E-state index contributed by atoms with van der Waals surface area (Å²) in [5.41, 5.74) is 2.85. The lowest BCUT2D eigenvalue weighted by Gasteiger charge is -2.19. The van der Waals surface area contributed by atoms with E-state index in [0.717, 1.165) is 16.8 Å². The summed E-state index contributed by atoms with van der Waals surface area (Å²) in [5.74, 6) is -0.164. The maximum atomic E-state index is 12.3. The fraction of sp³-hybridized carbons (Fsp3) is 0.438. The van der Waals surface area contributed by atoms with Crippen LogP contribution >= 0.6 is 0 Å². The number of carbonyl (C=O) groups excluding carboxylic acids is 2.